The molecule has 2 heterocycles. The first-order chi connectivity index (χ1) is 6.70. The van der Waals surface area contributed by atoms with Gasteiger partial charge in [-0.2, -0.15) is 4.98 Å². The molecular weight excluding hydrogens is 206 g/mol. The number of hydrogen-bond donors (Lipinski definition) is 1. The molecule has 0 aromatic carbocycles. The predicted molar refractivity (Wildman–Crippen MR) is 51.8 cm³/mol. The Morgan fingerprint density at radius 1 is 1.64 bits per heavy atom. The van der Waals surface area contributed by atoms with Gasteiger partial charge in [-0.1, -0.05) is 0 Å². The van der Waals surface area contributed by atoms with Crippen molar-refractivity contribution in [3.8, 4) is 5.75 Å². The minimum atomic E-state index is -0.284. The van der Waals surface area contributed by atoms with E-state index in [9.17, 15) is 0 Å². The van der Waals surface area contributed by atoms with Crippen molar-refractivity contribution >= 4 is 17.4 Å². The Hall–Kier alpha value is -1.07. The Morgan fingerprint density at radius 2 is 2.36 bits per heavy atom. The highest BCUT2D eigenvalue weighted by molar-refractivity contribution is 6.28. The van der Waals surface area contributed by atoms with E-state index in [0.717, 1.165) is 0 Å². The second-order valence-corrected chi connectivity index (χ2v) is 3.43. The van der Waals surface area contributed by atoms with Crippen molar-refractivity contribution in [3.05, 3.63) is 11.5 Å². The van der Waals surface area contributed by atoms with Crippen LogP contribution in [0.15, 0.2) is 6.20 Å². The average molecular weight is 216 g/mol. The predicted octanol–water partition coefficient (Wildman–Crippen LogP) is 0.319. The summed E-state index contributed by atoms with van der Waals surface area (Å²) in [6.07, 6.45) is 1.24. The summed E-state index contributed by atoms with van der Waals surface area (Å²) in [4.78, 5) is 9.74. The fourth-order valence-electron chi connectivity index (χ4n) is 1.34. The largest absolute Gasteiger partial charge is 0.491 e. The van der Waals surface area contributed by atoms with Gasteiger partial charge in [0.05, 0.1) is 19.4 Å². The quantitative estimate of drug-likeness (QED) is 0.720. The van der Waals surface area contributed by atoms with Gasteiger partial charge in [0.25, 0.3) is 0 Å². The SMILES string of the molecule is COc1cnc(Cl)nc1N1CC(O)C1. The van der Waals surface area contributed by atoms with E-state index in [4.69, 9.17) is 21.4 Å². The molecule has 0 spiro atoms. The van der Waals surface area contributed by atoms with Crippen molar-refractivity contribution in [1.82, 2.24) is 9.97 Å². The van der Waals surface area contributed by atoms with E-state index in [1.54, 1.807) is 7.11 Å². The molecule has 0 radical (unpaired) electrons. The molecule has 0 saturated carbocycles. The third-order valence-corrected chi connectivity index (χ3v) is 2.27. The smallest absolute Gasteiger partial charge is 0.224 e. The third-order valence-electron chi connectivity index (χ3n) is 2.09. The van der Waals surface area contributed by atoms with Gasteiger partial charge in [0.2, 0.25) is 5.28 Å². The number of anilines is 1. The van der Waals surface area contributed by atoms with Crippen LogP contribution < -0.4 is 9.64 Å². The monoisotopic (exact) mass is 215 g/mol. The standard InChI is InChI=1S/C8H10ClN3O2/c1-14-6-2-10-8(9)11-7(6)12-3-5(13)4-12/h2,5,13H,3-4H2,1H3. The summed E-state index contributed by atoms with van der Waals surface area (Å²) >= 11 is 5.67. The van der Waals surface area contributed by atoms with Crippen LogP contribution >= 0.6 is 11.6 Å². The number of aromatic nitrogens is 2. The van der Waals surface area contributed by atoms with Gasteiger partial charge in [0.1, 0.15) is 0 Å². The van der Waals surface area contributed by atoms with Gasteiger partial charge in [-0.25, -0.2) is 4.98 Å². The second kappa shape index (κ2) is 3.59. The van der Waals surface area contributed by atoms with Gasteiger partial charge in [-0.15, -0.1) is 0 Å². The Balaban J connectivity index is 2.26. The molecular formula is C8H10ClN3O2. The minimum absolute atomic E-state index is 0.183. The van der Waals surface area contributed by atoms with Crippen molar-refractivity contribution in [2.75, 3.05) is 25.1 Å². The fourth-order valence-corrected chi connectivity index (χ4v) is 1.47. The van der Waals surface area contributed by atoms with Crippen LogP contribution in [0.2, 0.25) is 5.28 Å². The molecule has 6 heteroatoms. The molecule has 0 aliphatic carbocycles. The molecule has 76 valence electrons. The molecule has 1 aromatic rings. The van der Waals surface area contributed by atoms with Crippen molar-refractivity contribution in [3.63, 3.8) is 0 Å². The molecule has 0 amide bonds. The first-order valence-electron chi connectivity index (χ1n) is 4.20. The maximum absolute atomic E-state index is 9.15. The second-order valence-electron chi connectivity index (χ2n) is 3.09. The summed E-state index contributed by atoms with van der Waals surface area (Å²) in [7, 11) is 1.55. The van der Waals surface area contributed by atoms with Crippen molar-refractivity contribution < 1.29 is 9.84 Å². The van der Waals surface area contributed by atoms with Crippen LogP contribution in [0.5, 0.6) is 5.75 Å². The number of halogens is 1. The maximum Gasteiger partial charge on any atom is 0.224 e. The van der Waals surface area contributed by atoms with Crippen molar-refractivity contribution in [2.24, 2.45) is 0 Å². The first kappa shape index (κ1) is 9.48. The van der Waals surface area contributed by atoms with Gasteiger partial charge in [-0.05, 0) is 11.6 Å². The van der Waals surface area contributed by atoms with E-state index in [2.05, 4.69) is 9.97 Å². The molecule has 0 unspecified atom stereocenters. The van der Waals surface area contributed by atoms with Gasteiger partial charge >= 0.3 is 0 Å². The van der Waals surface area contributed by atoms with Crippen LogP contribution in [-0.2, 0) is 0 Å². The molecule has 14 heavy (non-hydrogen) atoms. The lowest BCUT2D eigenvalue weighted by atomic mass is 10.2. The molecule has 1 fully saturated rings. The summed E-state index contributed by atoms with van der Waals surface area (Å²) in [6.45, 7) is 1.12. The lowest BCUT2D eigenvalue weighted by molar-refractivity contribution is 0.140. The van der Waals surface area contributed by atoms with Crippen LogP contribution in [0.4, 0.5) is 5.82 Å². The lowest BCUT2D eigenvalue weighted by Gasteiger charge is -2.37. The highest BCUT2D eigenvalue weighted by atomic mass is 35.5. The summed E-state index contributed by atoms with van der Waals surface area (Å²) in [5.74, 6) is 1.21. The van der Waals surface area contributed by atoms with Crippen LogP contribution in [0.1, 0.15) is 0 Å². The highest BCUT2D eigenvalue weighted by Crippen LogP contribution is 2.29. The van der Waals surface area contributed by atoms with Crippen LogP contribution in [-0.4, -0.2) is 41.4 Å². The minimum Gasteiger partial charge on any atom is -0.491 e. The van der Waals surface area contributed by atoms with Gasteiger partial charge in [-0.3, -0.25) is 0 Å². The Bertz CT molecular complexity index is 341. The Labute approximate surface area is 86.3 Å². The number of methoxy groups -OCH3 is 1. The van der Waals surface area contributed by atoms with Crippen molar-refractivity contribution in [2.45, 2.75) is 6.10 Å². The molecule has 1 aliphatic heterocycles. The Morgan fingerprint density at radius 3 is 2.93 bits per heavy atom. The first-order valence-corrected chi connectivity index (χ1v) is 4.58. The van der Waals surface area contributed by atoms with E-state index < -0.39 is 0 Å². The number of rotatable bonds is 2. The molecule has 5 nitrogen and oxygen atoms in total. The number of β-amino-alcohol motifs (C(OH)–C–C–N with tert-alkyl or cyclic N) is 1. The fraction of sp³-hybridized carbons (Fsp3) is 0.500. The number of hydrogen-bond acceptors (Lipinski definition) is 5. The molecule has 1 aromatic heterocycles. The number of ether oxygens (including phenoxy) is 1. The lowest BCUT2D eigenvalue weighted by Crippen LogP contribution is -2.51. The number of aliphatic hydroxyl groups excluding tert-OH is 1. The van der Waals surface area contributed by atoms with Gasteiger partial charge in [0.15, 0.2) is 11.6 Å². The van der Waals surface area contributed by atoms with Crippen LogP contribution in [0, 0.1) is 0 Å². The highest BCUT2D eigenvalue weighted by Gasteiger charge is 2.28. The Kier molecular flexibility index (Phi) is 2.43. The maximum atomic E-state index is 9.15. The number of aliphatic hydroxyl groups is 1. The summed E-state index contributed by atoms with van der Waals surface area (Å²) in [5, 5.41) is 9.34. The molecule has 1 N–H and O–H groups in total. The van der Waals surface area contributed by atoms with E-state index in [1.807, 2.05) is 4.90 Å². The molecule has 0 bridgehead atoms. The van der Waals surface area contributed by atoms with E-state index >= 15 is 0 Å². The summed E-state index contributed by atoms with van der Waals surface area (Å²) in [6, 6.07) is 0. The number of nitrogens with zero attached hydrogens (tertiary/aromatic N) is 3. The zero-order valence-corrected chi connectivity index (χ0v) is 8.40. The van der Waals surface area contributed by atoms with E-state index in [1.165, 1.54) is 6.20 Å². The van der Waals surface area contributed by atoms with E-state index in [-0.39, 0.29) is 11.4 Å². The average Bonchev–Trinajstić information content (AvgIpc) is 2.13. The summed E-state index contributed by atoms with van der Waals surface area (Å²) < 4.78 is 5.09. The van der Waals surface area contributed by atoms with E-state index in [0.29, 0.717) is 24.7 Å². The molecule has 1 saturated heterocycles. The topological polar surface area (TPSA) is 58.5 Å². The molecule has 0 atom stereocenters. The molecule has 2 rings (SSSR count). The third kappa shape index (κ3) is 1.60. The van der Waals surface area contributed by atoms with Crippen LogP contribution in [0.3, 0.4) is 0 Å². The van der Waals surface area contributed by atoms with Crippen LogP contribution in [0.25, 0.3) is 0 Å². The zero-order valence-electron chi connectivity index (χ0n) is 7.64. The van der Waals surface area contributed by atoms with Crippen molar-refractivity contribution in [1.29, 1.82) is 0 Å². The summed E-state index contributed by atoms with van der Waals surface area (Å²) in [5.41, 5.74) is 0. The normalized spacial score (nSPS) is 16.6. The molecule has 1 aliphatic rings. The zero-order chi connectivity index (χ0) is 10.1. The van der Waals surface area contributed by atoms with Gasteiger partial charge < -0.3 is 14.7 Å². The van der Waals surface area contributed by atoms with Gasteiger partial charge in [0, 0.05) is 13.1 Å².